The number of aromatic nitrogens is 3. The number of sulfonamides is 1. The van der Waals surface area contributed by atoms with Crippen LogP contribution in [0.5, 0.6) is 0 Å². The second-order valence-corrected chi connectivity index (χ2v) is 7.30. The van der Waals surface area contributed by atoms with Gasteiger partial charge in [0.1, 0.15) is 5.69 Å². The SMILES string of the molecule is CC(C)(C)c1nnc2n(c1=O)CCN2S(C)(=O)=O. The van der Waals surface area contributed by atoms with Crippen LogP contribution < -0.4 is 9.86 Å². The van der Waals surface area contributed by atoms with Crippen LogP contribution in [0.1, 0.15) is 26.5 Å². The molecule has 0 amide bonds. The van der Waals surface area contributed by atoms with Crippen molar-refractivity contribution in [2.75, 3.05) is 17.1 Å². The molecule has 0 unspecified atom stereocenters. The van der Waals surface area contributed by atoms with Gasteiger partial charge in [0, 0.05) is 12.0 Å². The summed E-state index contributed by atoms with van der Waals surface area (Å²) in [6, 6.07) is 0. The van der Waals surface area contributed by atoms with E-state index >= 15 is 0 Å². The normalized spacial score (nSPS) is 15.9. The molecule has 0 aliphatic carbocycles. The third-order valence-electron chi connectivity index (χ3n) is 2.79. The van der Waals surface area contributed by atoms with Crippen LogP contribution in [0.15, 0.2) is 4.79 Å². The standard InChI is InChI=1S/C10H16N4O3S/c1-10(2,3)7-8(15)13-5-6-14(18(4,16)17)9(13)12-11-7/h5-6H2,1-4H3. The van der Waals surface area contributed by atoms with E-state index in [9.17, 15) is 13.2 Å². The quantitative estimate of drug-likeness (QED) is 0.701. The van der Waals surface area contributed by atoms with E-state index in [1.54, 1.807) is 0 Å². The first-order valence-corrected chi connectivity index (χ1v) is 7.43. The summed E-state index contributed by atoms with van der Waals surface area (Å²) in [6.45, 7) is 6.16. The molecule has 1 aromatic heterocycles. The van der Waals surface area contributed by atoms with Crippen molar-refractivity contribution in [3.05, 3.63) is 16.0 Å². The van der Waals surface area contributed by atoms with Gasteiger partial charge in [-0.05, 0) is 0 Å². The third kappa shape index (κ3) is 2.00. The Morgan fingerprint density at radius 3 is 2.28 bits per heavy atom. The van der Waals surface area contributed by atoms with E-state index in [1.807, 2.05) is 20.8 Å². The lowest BCUT2D eigenvalue weighted by molar-refractivity contribution is 0.533. The molecule has 1 aliphatic heterocycles. The number of anilines is 1. The van der Waals surface area contributed by atoms with Crippen LogP contribution in [0.3, 0.4) is 0 Å². The molecule has 7 nitrogen and oxygen atoms in total. The predicted molar refractivity (Wildman–Crippen MR) is 67.2 cm³/mol. The topological polar surface area (TPSA) is 85.2 Å². The largest absolute Gasteiger partial charge is 0.277 e. The first kappa shape index (κ1) is 13.0. The smallest absolute Gasteiger partial charge is 0.273 e. The van der Waals surface area contributed by atoms with Crippen molar-refractivity contribution in [2.24, 2.45) is 0 Å². The van der Waals surface area contributed by atoms with E-state index in [-0.39, 0.29) is 18.1 Å². The molecular weight excluding hydrogens is 256 g/mol. The fraction of sp³-hybridized carbons (Fsp3) is 0.700. The fourth-order valence-electron chi connectivity index (χ4n) is 1.87. The van der Waals surface area contributed by atoms with Crippen LogP contribution >= 0.6 is 0 Å². The monoisotopic (exact) mass is 272 g/mol. The highest BCUT2D eigenvalue weighted by molar-refractivity contribution is 7.92. The molecule has 0 atom stereocenters. The van der Waals surface area contributed by atoms with Crippen molar-refractivity contribution >= 4 is 16.0 Å². The number of nitrogens with zero attached hydrogens (tertiary/aromatic N) is 4. The molecular formula is C10H16N4O3S. The van der Waals surface area contributed by atoms with Gasteiger partial charge >= 0.3 is 0 Å². The molecule has 18 heavy (non-hydrogen) atoms. The summed E-state index contributed by atoms with van der Waals surface area (Å²) in [6.07, 6.45) is 1.09. The van der Waals surface area contributed by atoms with Crippen LogP contribution in [0.25, 0.3) is 0 Å². The Bertz CT molecular complexity index is 642. The summed E-state index contributed by atoms with van der Waals surface area (Å²) < 4.78 is 25.5. The van der Waals surface area contributed by atoms with Crippen molar-refractivity contribution in [3.63, 3.8) is 0 Å². The Kier molecular flexibility index (Phi) is 2.73. The highest BCUT2D eigenvalue weighted by Crippen LogP contribution is 2.21. The van der Waals surface area contributed by atoms with E-state index < -0.39 is 15.4 Å². The van der Waals surface area contributed by atoms with E-state index in [0.29, 0.717) is 12.2 Å². The summed E-state index contributed by atoms with van der Waals surface area (Å²) >= 11 is 0. The van der Waals surface area contributed by atoms with E-state index in [4.69, 9.17) is 0 Å². The van der Waals surface area contributed by atoms with Gasteiger partial charge in [-0.3, -0.25) is 9.36 Å². The first-order valence-electron chi connectivity index (χ1n) is 5.58. The van der Waals surface area contributed by atoms with Crippen molar-refractivity contribution in [2.45, 2.75) is 32.7 Å². The average Bonchev–Trinajstić information content (AvgIpc) is 2.59. The van der Waals surface area contributed by atoms with Crippen molar-refractivity contribution < 1.29 is 8.42 Å². The van der Waals surface area contributed by atoms with E-state index in [0.717, 1.165) is 10.6 Å². The highest BCUT2D eigenvalue weighted by Gasteiger charge is 2.32. The Labute approximate surface area is 105 Å². The second-order valence-electron chi connectivity index (χ2n) is 5.39. The van der Waals surface area contributed by atoms with Gasteiger partial charge in [-0.15, -0.1) is 10.2 Å². The zero-order valence-electron chi connectivity index (χ0n) is 10.8. The molecule has 0 aromatic carbocycles. The second kappa shape index (κ2) is 3.78. The van der Waals surface area contributed by atoms with E-state index in [2.05, 4.69) is 10.2 Å². The molecule has 0 spiro atoms. The molecule has 1 aliphatic rings. The minimum Gasteiger partial charge on any atom is -0.273 e. The van der Waals surface area contributed by atoms with Gasteiger partial charge in [0.2, 0.25) is 16.0 Å². The maximum absolute atomic E-state index is 12.2. The zero-order valence-corrected chi connectivity index (χ0v) is 11.7. The minimum absolute atomic E-state index is 0.107. The van der Waals surface area contributed by atoms with Gasteiger partial charge in [0.15, 0.2) is 0 Å². The van der Waals surface area contributed by atoms with Gasteiger partial charge in [0.25, 0.3) is 5.56 Å². The molecule has 0 saturated heterocycles. The van der Waals surface area contributed by atoms with Crippen LogP contribution in [0.4, 0.5) is 5.95 Å². The molecule has 1 aromatic rings. The van der Waals surface area contributed by atoms with Crippen LogP contribution in [0.2, 0.25) is 0 Å². The van der Waals surface area contributed by atoms with Crippen molar-refractivity contribution in [3.8, 4) is 0 Å². The number of hydrogen-bond acceptors (Lipinski definition) is 5. The Morgan fingerprint density at radius 1 is 1.17 bits per heavy atom. The average molecular weight is 272 g/mol. The van der Waals surface area contributed by atoms with Crippen molar-refractivity contribution in [1.82, 2.24) is 14.8 Å². The summed E-state index contributed by atoms with van der Waals surface area (Å²) in [5.74, 6) is 0.107. The predicted octanol–water partition coefficient (Wildman–Crippen LogP) is -0.285. The van der Waals surface area contributed by atoms with Crippen LogP contribution in [-0.2, 0) is 22.0 Å². The van der Waals surface area contributed by atoms with Crippen LogP contribution in [0, 0.1) is 0 Å². The number of hydrogen-bond donors (Lipinski definition) is 0. The molecule has 0 radical (unpaired) electrons. The first-order chi connectivity index (χ1) is 8.12. The maximum Gasteiger partial charge on any atom is 0.277 e. The summed E-state index contributed by atoms with van der Waals surface area (Å²) in [7, 11) is -3.41. The van der Waals surface area contributed by atoms with Gasteiger partial charge in [-0.2, -0.15) is 0 Å². The molecule has 100 valence electrons. The summed E-state index contributed by atoms with van der Waals surface area (Å²) in [5.41, 5.74) is -0.329. The van der Waals surface area contributed by atoms with E-state index in [1.165, 1.54) is 4.57 Å². The molecule has 0 N–H and O–H groups in total. The van der Waals surface area contributed by atoms with Gasteiger partial charge < -0.3 is 0 Å². The number of rotatable bonds is 1. The van der Waals surface area contributed by atoms with Gasteiger partial charge in [0.05, 0.1) is 12.8 Å². The fourth-order valence-corrected chi connectivity index (χ4v) is 2.72. The summed E-state index contributed by atoms with van der Waals surface area (Å²) in [4.78, 5) is 12.2. The molecule has 0 bridgehead atoms. The molecule has 0 fully saturated rings. The lowest BCUT2D eigenvalue weighted by Gasteiger charge is -2.18. The van der Waals surface area contributed by atoms with Crippen molar-refractivity contribution in [1.29, 1.82) is 0 Å². The Morgan fingerprint density at radius 2 is 1.78 bits per heavy atom. The molecule has 2 rings (SSSR count). The number of fused-ring (bicyclic) bond motifs is 1. The third-order valence-corrected chi connectivity index (χ3v) is 3.94. The minimum atomic E-state index is -3.41. The lowest BCUT2D eigenvalue weighted by atomic mass is 9.93. The molecule has 2 heterocycles. The highest BCUT2D eigenvalue weighted by atomic mass is 32.2. The van der Waals surface area contributed by atoms with Gasteiger partial charge in [-0.1, -0.05) is 20.8 Å². The lowest BCUT2D eigenvalue weighted by Crippen LogP contribution is -2.33. The summed E-state index contributed by atoms with van der Waals surface area (Å²) in [5, 5.41) is 7.79. The Balaban J connectivity index is 2.62. The Hall–Kier alpha value is -1.44. The maximum atomic E-state index is 12.2. The van der Waals surface area contributed by atoms with Gasteiger partial charge in [-0.25, -0.2) is 12.7 Å². The van der Waals surface area contributed by atoms with Crippen LogP contribution in [-0.4, -0.2) is 36.0 Å². The zero-order chi connectivity index (χ0) is 13.7. The molecule has 8 heteroatoms. The molecule has 0 saturated carbocycles.